The second kappa shape index (κ2) is 11.1. The number of rotatable bonds is 11. The molecule has 0 bridgehead atoms. The Labute approximate surface area is 112 Å². The van der Waals surface area contributed by atoms with Crippen molar-refractivity contribution in [1.82, 2.24) is 0 Å². The Morgan fingerprint density at radius 2 is 1.53 bits per heavy atom. The monoisotopic (exact) mass is 254 g/mol. The van der Waals surface area contributed by atoms with Gasteiger partial charge in [0.1, 0.15) is 5.55 Å². The van der Waals surface area contributed by atoms with Gasteiger partial charge in [0, 0.05) is 5.25 Å². The summed E-state index contributed by atoms with van der Waals surface area (Å²) in [6, 6.07) is 0. The number of hydrogen-bond donors (Lipinski definition) is 0. The van der Waals surface area contributed by atoms with Crippen molar-refractivity contribution in [2.75, 3.05) is 6.54 Å². The molecule has 1 aliphatic rings. The van der Waals surface area contributed by atoms with Gasteiger partial charge in [0.15, 0.2) is 0 Å². The van der Waals surface area contributed by atoms with Crippen LogP contribution in [-0.2, 0) is 0 Å². The average molecular weight is 254 g/mol. The number of nitrogens with zero attached hydrogens (tertiary/aromatic N) is 1. The van der Waals surface area contributed by atoms with Gasteiger partial charge in [-0.15, -0.1) is 0 Å². The molecule has 1 rings (SSSR count). The molecule has 1 aliphatic heterocycles. The molecule has 1 nitrogen and oxygen atoms in total. The van der Waals surface area contributed by atoms with Crippen molar-refractivity contribution in [2.45, 2.75) is 82.8 Å². The quantitative estimate of drug-likeness (QED) is 0.455. The lowest BCUT2D eigenvalue weighted by atomic mass is 10.1. The number of unbranched alkanes of at least 4 members (excludes halogenated alkanes) is 9. The molecule has 17 heavy (non-hydrogen) atoms. The molecule has 0 amide bonds. The molecule has 1 atom stereocenters. The van der Waals surface area contributed by atoms with E-state index in [4.69, 9.17) is 0 Å². The van der Waals surface area contributed by atoms with Gasteiger partial charge < -0.3 is 0 Å². The molecule has 0 N–H and O–H groups in total. The third-order valence-corrected chi connectivity index (χ3v) is 4.41. The predicted octanol–water partition coefficient (Wildman–Crippen LogP) is 5.32. The molecular weight excluding hydrogens is 226 g/mol. The summed E-state index contributed by atoms with van der Waals surface area (Å²) in [6.45, 7) is 3.30. The molecule has 1 heterocycles. The van der Waals surface area contributed by atoms with Crippen molar-refractivity contribution in [3.05, 3.63) is 0 Å². The molecule has 0 saturated carbocycles. The highest BCUT2D eigenvalue weighted by Gasteiger charge is 2.11. The summed E-state index contributed by atoms with van der Waals surface area (Å²) in [6.07, 6.45) is 15.7. The maximum absolute atomic E-state index is 4.14. The molecule has 2 heteroatoms. The Balaban J connectivity index is 1.69. The summed E-state index contributed by atoms with van der Waals surface area (Å²) in [5.74, 6) is 0. The number of aliphatic imine (C=N–C) groups is 1. The summed E-state index contributed by atoms with van der Waals surface area (Å²) >= 11 is 1.81. The van der Waals surface area contributed by atoms with E-state index in [1.807, 2.05) is 0 Å². The van der Waals surface area contributed by atoms with Gasteiger partial charge >= 0.3 is 0 Å². The van der Waals surface area contributed by atoms with Crippen LogP contribution in [0.15, 0.2) is 4.99 Å². The van der Waals surface area contributed by atoms with Crippen LogP contribution in [0.1, 0.15) is 77.6 Å². The minimum absolute atomic E-state index is 0.754. The van der Waals surface area contributed by atoms with E-state index in [1.54, 1.807) is 11.8 Å². The number of hydrogen-bond acceptors (Lipinski definition) is 2. The molecule has 99 valence electrons. The van der Waals surface area contributed by atoms with Crippen molar-refractivity contribution in [2.24, 2.45) is 4.99 Å². The highest BCUT2D eigenvalue weighted by molar-refractivity contribution is 8.12. The first-order valence-corrected chi connectivity index (χ1v) is 8.38. The van der Waals surface area contributed by atoms with Crippen LogP contribution in [0.3, 0.4) is 0 Å². The molecule has 0 aromatic heterocycles. The topological polar surface area (TPSA) is 12.4 Å². The summed E-state index contributed by atoms with van der Waals surface area (Å²) in [4.78, 5) is 4.14. The van der Waals surface area contributed by atoms with Crippen LogP contribution in [0.5, 0.6) is 0 Å². The number of thioether (sulfide) groups is 1. The molecule has 0 aliphatic carbocycles. The van der Waals surface area contributed by atoms with E-state index in [2.05, 4.69) is 17.5 Å². The van der Waals surface area contributed by atoms with Gasteiger partial charge in [-0.1, -0.05) is 82.9 Å². The Morgan fingerprint density at radius 1 is 0.941 bits per heavy atom. The third kappa shape index (κ3) is 8.70. The van der Waals surface area contributed by atoms with E-state index in [0.29, 0.717) is 0 Å². The van der Waals surface area contributed by atoms with E-state index in [0.717, 1.165) is 11.8 Å². The first-order valence-electron chi connectivity index (χ1n) is 7.50. The van der Waals surface area contributed by atoms with Crippen LogP contribution in [-0.4, -0.2) is 17.3 Å². The lowest BCUT2D eigenvalue weighted by Gasteiger charge is -2.06. The Hall–Kier alpha value is 0.0200. The highest BCUT2D eigenvalue weighted by Crippen LogP contribution is 2.21. The first kappa shape index (κ1) is 15.1. The van der Waals surface area contributed by atoms with E-state index in [-0.39, 0.29) is 0 Å². The molecular formula is C15H28NS. The molecule has 0 aromatic rings. The van der Waals surface area contributed by atoms with Gasteiger partial charge in [-0.2, -0.15) is 0 Å². The Kier molecular flexibility index (Phi) is 9.87. The highest BCUT2D eigenvalue weighted by atomic mass is 32.2. The molecule has 0 saturated heterocycles. The fourth-order valence-corrected chi connectivity index (χ4v) is 3.03. The zero-order valence-corrected chi connectivity index (χ0v) is 12.2. The second-order valence-electron chi connectivity index (χ2n) is 5.14. The average Bonchev–Trinajstić information content (AvgIpc) is 2.85. The summed E-state index contributed by atoms with van der Waals surface area (Å²) < 4.78 is 0. The summed E-state index contributed by atoms with van der Waals surface area (Å²) in [7, 11) is 0. The lowest BCUT2D eigenvalue weighted by Crippen LogP contribution is -2.01. The minimum atomic E-state index is 0.754. The fraction of sp³-hybridized carbons (Fsp3) is 0.933. The summed E-state index contributed by atoms with van der Waals surface area (Å²) in [5.41, 5.74) is 3.00. The minimum Gasteiger partial charge on any atom is -0.274 e. The standard InChI is InChI=1S/C15H28NS/c1-2-3-4-5-6-7-8-9-10-11-12-15-13-16-14-17-15/h15H,2-13H2,1H3. The lowest BCUT2D eigenvalue weighted by molar-refractivity contribution is 0.548. The van der Waals surface area contributed by atoms with Gasteiger partial charge in [-0.05, 0) is 6.42 Å². The largest absolute Gasteiger partial charge is 0.274 e. The van der Waals surface area contributed by atoms with Gasteiger partial charge in [0.2, 0.25) is 0 Å². The van der Waals surface area contributed by atoms with Crippen LogP contribution in [0.25, 0.3) is 0 Å². The summed E-state index contributed by atoms with van der Waals surface area (Å²) in [5, 5.41) is 0.754. The SMILES string of the molecule is CCCCCCCCCCCCC1CN=[C]S1. The van der Waals surface area contributed by atoms with E-state index < -0.39 is 0 Å². The van der Waals surface area contributed by atoms with Gasteiger partial charge in [0.05, 0.1) is 6.54 Å². The molecule has 0 aromatic carbocycles. The van der Waals surface area contributed by atoms with E-state index in [1.165, 1.54) is 70.6 Å². The van der Waals surface area contributed by atoms with Crippen LogP contribution in [0.2, 0.25) is 0 Å². The van der Waals surface area contributed by atoms with Crippen molar-refractivity contribution in [3.63, 3.8) is 0 Å². The van der Waals surface area contributed by atoms with Crippen LogP contribution < -0.4 is 0 Å². The Morgan fingerprint density at radius 3 is 2.06 bits per heavy atom. The van der Waals surface area contributed by atoms with Crippen LogP contribution in [0.4, 0.5) is 0 Å². The predicted molar refractivity (Wildman–Crippen MR) is 80.1 cm³/mol. The van der Waals surface area contributed by atoms with Crippen molar-refractivity contribution < 1.29 is 0 Å². The van der Waals surface area contributed by atoms with Gasteiger partial charge in [0.25, 0.3) is 0 Å². The van der Waals surface area contributed by atoms with Crippen LogP contribution >= 0.6 is 11.8 Å². The Bertz CT molecular complexity index is 183. The fourth-order valence-electron chi connectivity index (χ4n) is 2.30. The van der Waals surface area contributed by atoms with E-state index >= 15 is 0 Å². The van der Waals surface area contributed by atoms with Gasteiger partial charge in [-0.3, -0.25) is 4.99 Å². The van der Waals surface area contributed by atoms with Gasteiger partial charge in [-0.25, -0.2) is 0 Å². The van der Waals surface area contributed by atoms with Crippen molar-refractivity contribution in [1.29, 1.82) is 0 Å². The second-order valence-corrected chi connectivity index (χ2v) is 6.23. The molecule has 1 radical (unpaired) electrons. The first-order chi connectivity index (χ1) is 8.43. The van der Waals surface area contributed by atoms with Crippen molar-refractivity contribution in [3.8, 4) is 0 Å². The third-order valence-electron chi connectivity index (χ3n) is 3.46. The zero-order valence-electron chi connectivity index (χ0n) is 11.4. The maximum Gasteiger partial charge on any atom is 0.123 e. The van der Waals surface area contributed by atoms with E-state index in [9.17, 15) is 0 Å². The molecule has 1 unspecified atom stereocenters. The molecule has 0 spiro atoms. The maximum atomic E-state index is 4.14. The van der Waals surface area contributed by atoms with Crippen LogP contribution in [0, 0.1) is 0 Å². The van der Waals surface area contributed by atoms with Crippen molar-refractivity contribution >= 4 is 17.3 Å². The molecule has 0 fully saturated rings. The zero-order chi connectivity index (χ0) is 12.2. The normalized spacial score (nSPS) is 19.0. The smallest absolute Gasteiger partial charge is 0.123 e.